The van der Waals surface area contributed by atoms with Crippen LogP contribution in [0.25, 0.3) is 0 Å². The molecule has 0 spiro atoms. The molecular formula is C18H25NO. The lowest BCUT2D eigenvalue weighted by molar-refractivity contribution is 0.0902. The van der Waals surface area contributed by atoms with Crippen LogP contribution in [0.2, 0.25) is 0 Å². The van der Waals surface area contributed by atoms with Gasteiger partial charge in [-0.15, -0.1) is 0 Å². The van der Waals surface area contributed by atoms with Crippen LogP contribution in [0.1, 0.15) is 37.2 Å². The molecule has 0 bridgehead atoms. The van der Waals surface area contributed by atoms with Gasteiger partial charge in [0.15, 0.2) is 0 Å². The van der Waals surface area contributed by atoms with E-state index >= 15 is 0 Å². The molecule has 0 radical (unpaired) electrons. The summed E-state index contributed by atoms with van der Waals surface area (Å²) in [5.74, 6) is 3.37. The van der Waals surface area contributed by atoms with E-state index in [1.54, 1.807) is 5.56 Å². The summed E-state index contributed by atoms with van der Waals surface area (Å²) < 4.78 is 5.50. The number of rotatable bonds is 4. The Bertz CT molecular complexity index is 440. The van der Waals surface area contributed by atoms with Crippen molar-refractivity contribution in [3.8, 4) is 0 Å². The van der Waals surface area contributed by atoms with Crippen LogP contribution in [0.4, 0.5) is 0 Å². The molecule has 1 aromatic carbocycles. The summed E-state index contributed by atoms with van der Waals surface area (Å²) in [5, 5.41) is 3.90. The molecule has 3 aliphatic rings. The first-order chi connectivity index (χ1) is 9.93. The van der Waals surface area contributed by atoms with Crippen molar-refractivity contribution >= 4 is 0 Å². The molecule has 1 saturated heterocycles. The Morgan fingerprint density at radius 2 is 1.90 bits per heavy atom. The number of hydrogen-bond acceptors (Lipinski definition) is 2. The molecule has 1 N–H and O–H groups in total. The third-order valence-electron chi connectivity index (χ3n) is 5.78. The van der Waals surface area contributed by atoms with Gasteiger partial charge in [-0.05, 0) is 42.6 Å². The van der Waals surface area contributed by atoms with E-state index in [4.69, 9.17) is 4.74 Å². The lowest BCUT2D eigenvalue weighted by Crippen LogP contribution is -2.55. The van der Waals surface area contributed by atoms with Crippen molar-refractivity contribution in [3.63, 3.8) is 0 Å². The van der Waals surface area contributed by atoms with E-state index < -0.39 is 0 Å². The summed E-state index contributed by atoms with van der Waals surface area (Å²) in [5.41, 5.74) is 1.55. The molecule has 0 aromatic heterocycles. The predicted octanol–water partition coefficient (Wildman–Crippen LogP) is 3.19. The van der Waals surface area contributed by atoms with Crippen LogP contribution in [0, 0.1) is 17.8 Å². The zero-order chi connectivity index (χ0) is 13.4. The first-order valence-electron chi connectivity index (χ1n) is 8.29. The van der Waals surface area contributed by atoms with Gasteiger partial charge in [-0.1, -0.05) is 36.8 Å². The highest BCUT2D eigenvalue weighted by atomic mass is 16.5. The first-order valence-corrected chi connectivity index (χ1v) is 8.29. The highest BCUT2D eigenvalue weighted by molar-refractivity contribution is 5.28. The van der Waals surface area contributed by atoms with Crippen LogP contribution in [0.15, 0.2) is 30.3 Å². The van der Waals surface area contributed by atoms with Gasteiger partial charge in [0, 0.05) is 25.1 Å². The summed E-state index contributed by atoms with van der Waals surface area (Å²) in [6, 6.07) is 11.9. The molecule has 4 rings (SSSR count). The minimum atomic E-state index is 0.713. The molecule has 3 unspecified atom stereocenters. The second-order valence-corrected chi connectivity index (χ2v) is 6.86. The van der Waals surface area contributed by atoms with Crippen LogP contribution < -0.4 is 5.32 Å². The average Bonchev–Trinajstić information content (AvgIpc) is 3.11. The lowest BCUT2D eigenvalue weighted by atomic mass is 9.59. The number of ether oxygens (including phenoxy) is 1. The summed E-state index contributed by atoms with van der Waals surface area (Å²) in [4.78, 5) is 0. The third-order valence-corrected chi connectivity index (χ3v) is 5.78. The molecule has 3 fully saturated rings. The van der Waals surface area contributed by atoms with Crippen LogP contribution in [-0.4, -0.2) is 25.8 Å². The normalized spacial score (nSPS) is 39.5. The van der Waals surface area contributed by atoms with E-state index in [-0.39, 0.29) is 0 Å². The average molecular weight is 271 g/mol. The predicted molar refractivity (Wildman–Crippen MR) is 80.7 cm³/mol. The van der Waals surface area contributed by atoms with Gasteiger partial charge >= 0.3 is 0 Å². The van der Waals surface area contributed by atoms with Crippen LogP contribution >= 0.6 is 0 Å². The molecule has 2 nitrogen and oxygen atoms in total. The molecule has 5 atom stereocenters. The van der Waals surface area contributed by atoms with Gasteiger partial charge in [0.2, 0.25) is 0 Å². The lowest BCUT2D eigenvalue weighted by Gasteiger charge is -2.50. The summed E-state index contributed by atoms with van der Waals surface area (Å²) in [6.07, 6.45) is 5.55. The molecule has 0 amide bonds. The van der Waals surface area contributed by atoms with Gasteiger partial charge < -0.3 is 10.1 Å². The van der Waals surface area contributed by atoms with Gasteiger partial charge in [-0.25, -0.2) is 0 Å². The Balaban J connectivity index is 1.45. The maximum Gasteiger partial charge on any atom is 0.0507 e. The zero-order valence-corrected chi connectivity index (χ0v) is 12.1. The molecule has 2 heteroatoms. The second-order valence-electron chi connectivity index (χ2n) is 6.86. The third kappa shape index (κ3) is 2.19. The van der Waals surface area contributed by atoms with Crippen molar-refractivity contribution in [2.45, 2.75) is 37.6 Å². The fraction of sp³-hybridized carbons (Fsp3) is 0.667. The molecule has 20 heavy (non-hydrogen) atoms. The van der Waals surface area contributed by atoms with Gasteiger partial charge in [0.1, 0.15) is 0 Å². The molecule has 2 aliphatic carbocycles. The Labute approximate surface area is 121 Å². The Hall–Kier alpha value is -0.860. The summed E-state index contributed by atoms with van der Waals surface area (Å²) in [6.45, 7) is 3.08. The van der Waals surface area contributed by atoms with Crippen molar-refractivity contribution < 1.29 is 4.74 Å². The van der Waals surface area contributed by atoms with Crippen molar-refractivity contribution in [1.29, 1.82) is 0 Å². The highest BCUT2D eigenvalue weighted by Gasteiger charge is 2.52. The van der Waals surface area contributed by atoms with Crippen molar-refractivity contribution in [3.05, 3.63) is 35.9 Å². The van der Waals surface area contributed by atoms with E-state index in [0.29, 0.717) is 6.04 Å². The Morgan fingerprint density at radius 1 is 1.05 bits per heavy atom. The van der Waals surface area contributed by atoms with E-state index in [1.165, 1.54) is 25.7 Å². The van der Waals surface area contributed by atoms with E-state index in [2.05, 4.69) is 35.6 Å². The minimum Gasteiger partial charge on any atom is -0.381 e. The fourth-order valence-electron chi connectivity index (χ4n) is 4.75. The zero-order valence-electron chi connectivity index (χ0n) is 12.1. The number of fused-ring (bicyclic) bond motifs is 1. The Kier molecular flexibility index (Phi) is 3.53. The molecule has 2 saturated carbocycles. The van der Waals surface area contributed by atoms with Crippen LogP contribution in [0.5, 0.6) is 0 Å². The molecule has 1 aromatic rings. The van der Waals surface area contributed by atoms with Crippen molar-refractivity contribution in [1.82, 2.24) is 5.32 Å². The Morgan fingerprint density at radius 3 is 2.70 bits per heavy atom. The van der Waals surface area contributed by atoms with E-state index in [9.17, 15) is 0 Å². The van der Waals surface area contributed by atoms with Crippen molar-refractivity contribution in [2.75, 3.05) is 19.8 Å². The summed E-state index contributed by atoms with van der Waals surface area (Å²) in [7, 11) is 0. The SMILES string of the molecule is c1ccc([C@@H]2C3CCCC3[C@H]2NCC2CCOC2)cc1. The van der Waals surface area contributed by atoms with Gasteiger partial charge in [0.25, 0.3) is 0 Å². The van der Waals surface area contributed by atoms with Gasteiger partial charge in [0.05, 0.1) is 6.61 Å². The van der Waals surface area contributed by atoms with Crippen LogP contribution in [-0.2, 0) is 4.74 Å². The van der Waals surface area contributed by atoms with E-state index in [1.807, 2.05) is 0 Å². The maximum atomic E-state index is 5.50. The van der Waals surface area contributed by atoms with Crippen molar-refractivity contribution in [2.24, 2.45) is 17.8 Å². The molecule has 1 aliphatic heterocycles. The topological polar surface area (TPSA) is 21.3 Å². The second kappa shape index (κ2) is 5.50. The minimum absolute atomic E-state index is 0.713. The molecule has 1 heterocycles. The quantitative estimate of drug-likeness (QED) is 0.908. The number of nitrogens with one attached hydrogen (secondary N) is 1. The largest absolute Gasteiger partial charge is 0.381 e. The smallest absolute Gasteiger partial charge is 0.0507 e. The summed E-state index contributed by atoms with van der Waals surface area (Å²) >= 11 is 0. The number of benzene rings is 1. The highest BCUT2D eigenvalue weighted by Crippen LogP contribution is 2.55. The monoisotopic (exact) mass is 271 g/mol. The molecular weight excluding hydrogens is 246 g/mol. The van der Waals surface area contributed by atoms with E-state index in [0.717, 1.165) is 43.4 Å². The van der Waals surface area contributed by atoms with Gasteiger partial charge in [-0.2, -0.15) is 0 Å². The van der Waals surface area contributed by atoms with Crippen LogP contribution in [0.3, 0.4) is 0 Å². The standard InChI is InChI=1S/C18H25NO/c1-2-5-14(6-3-1)17-15-7-4-8-16(15)18(17)19-11-13-9-10-20-12-13/h1-3,5-6,13,15-19H,4,7-12H2/t13?,15?,16?,17-,18-/m1/s1. The number of hydrogen-bond donors (Lipinski definition) is 1. The maximum absolute atomic E-state index is 5.50. The van der Waals surface area contributed by atoms with Gasteiger partial charge in [-0.3, -0.25) is 0 Å². The first kappa shape index (κ1) is 12.8. The fourth-order valence-corrected chi connectivity index (χ4v) is 4.75. The molecule has 108 valence electrons.